The van der Waals surface area contributed by atoms with E-state index >= 15 is 0 Å². The number of aliphatic carboxylic acids is 4. The van der Waals surface area contributed by atoms with Gasteiger partial charge in [-0.2, -0.15) is 25.3 Å². The molecule has 0 rings (SSSR count). The molecule has 0 unspecified atom stereocenters. The van der Waals surface area contributed by atoms with Crippen LogP contribution in [0.2, 0.25) is 0 Å². The minimum Gasteiger partial charge on any atom is -1.00 e. The average Bonchev–Trinajstić information content (AvgIpc) is 2.94. The monoisotopic (exact) mass is 728 g/mol. The van der Waals surface area contributed by atoms with Crippen molar-refractivity contribution in [2.45, 2.75) is 49.9 Å². The van der Waals surface area contributed by atoms with E-state index in [1.165, 1.54) is 0 Å². The Morgan fingerprint density at radius 3 is 1.09 bits per heavy atom. The Balaban J connectivity index is -0.000000116. The van der Waals surface area contributed by atoms with Gasteiger partial charge in [0.1, 0.15) is 37.3 Å². The largest absolute Gasteiger partial charge is 1.00 e. The third-order valence-electron chi connectivity index (χ3n) is 4.50. The number of carbonyl (C=O) groups is 8. The van der Waals surface area contributed by atoms with Gasteiger partial charge >= 0.3 is 83.0 Å². The number of thiol groups is 4. The molecule has 0 bridgehead atoms. The minimum atomic E-state index is -1.22. The smallest absolute Gasteiger partial charge is 1.00 e. The molecule has 24 heteroatoms. The van der Waals surface area contributed by atoms with Crippen LogP contribution in [0, 0.1) is 0 Å². The molecule has 0 aromatic heterocycles. The third kappa shape index (κ3) is 29.8. The fraction of sp³-hybridized carbons (Fsp3) is 0.600. The van der Waals surface area contributed by atoms with Gasteiger partial charge in [-0.15, -0.1) is 23.3 Å². The zero-order valence-electron chi connectivity index (χ0n) is 26.0. The van der Waals surface area contributed by atoms with Crippen LogP contribution in [0.15, 0.2) is 0 Å². The van der Waals surface area contributed by atoms with Gasteiger partial charge in [-0.1, -0.05) is 0 Å². The molecule has 0 radical (unpaired) electrons. The Labute approximate surface area is 321 Å². The van der Waals surface area contributed by atoms with Crippen LogP contribution in [-0.2, 0) is 38.4 Å². The number of hydrogen-bond donors (Lipinski definition) is 14. The predicted molar refractivity (Wildman–Crippen MR) is 163 cm³/mol. The van der Waals surface area contributed by atoms with Crippen molar-refractivity contribution in [3.8, 4) is 0 Å². The maximum absolute atomic E-state index is 11.5. The van der Waals surface area contributed by atoms with Gasteiger partial charge < -0.3 is 56.0 Å². The van der Waals surface area contributed by atoms with Crippen LogP contribution in [0.4, 0.5) is 0 Å². The summed E-state index contributed by atoms with van der Waals surface area (Å²) in [5.74, 6) is -7.41. The molecule has 0 saturated carbocycles. The summed E-state index contributed by atoms with van der Waals surface area (Å²) in [4.78, 5) is 87.5. The maximum Gasteiger partial charge on any atom is 1.00 e. The van der Waals surface area contributed by atoms with Crippen molar-refractivity contribution in [1.82, 2.24) is 21.3 Å². The number of carboxylic acid groups (broad SMARTS) is 4. The van der Waals surface area contributed by atoms with Crippen LogP contribution in [0.5, 0.6) is 0 Å². The molecule has 0 heterocycles. The third-order valence-corrected chi connectivity index (χ3v) is 5.23. The van der Waals surface area contributed by atoms with Crippen LogP contribution in [0.1, 0.15) is 28.5 Å². The Morgan fingerprint density at radius 1 is 0.614 bits per heavy atom. The van der Waals surface area contributed by atoms with E-state index in [1.54, 1.807) is 0 Å². The molecule has 0 aliphatic carbocycles. The predicted octanol–water partition coefficient (Wildman–Crippen LogP) is -9.42. The van der Waals surface area contributed by atoms with Crippen molar-refractivity contribution >= 4 is 96.1 Å². The Hall–Kier alpha value is -0.920. The minimum absolute atomic E-state index is 0. The van der Waals surface area contributed by atoms with Crippen LogP contribution in [-0.4, -0.2) is 117 Å². The van der Waals surface area contributed by atoms with Crippen molar-refractivity contribution < 1.29 is 121 Å². The molecule has 0 spiro atoms. The maximum atomic E-state index is 11.5. The van der Waals surface area contributed by atoms with Crippen molar-refractivity contribution in [2.75, 3.05) is 24.6 Å². The van der Waals surface area contributed by atoms with Crippen molar-refractivity contribution in [1.29, 1.82) is 0 Å². The van der Waals surface area contributed by atoms with Gasteiger partial charge in [0.05, 0.1) is 0 Å². The number of hydrogen-bond acceptors (Lipinski definition) is 14. The number of amides is 4. The Kier molecular flexibility index (Phi) is 38.3. The van der Waals surface area contributed by atoms with E-state index in [9.17, 15) is 38.4 Å². The van der Waals surface area contributed by atoms with E-state index in [4.69, 9.17) is 31.9 Å². The average molecular weight is 729 g/mol. The van der Waals surface area contributed by atoms with E-state index in [1.807, 2.05) is 0 Å². The second-order valence-corrected chi connectivity index (χ2v) is 8.53. The quantitative estimate of drug-likeness (QED) is 0.0354. The van der Waals surface area contributed by atoms with Gasteiger partial charge in [0.25, 0.3) is 0 Å². The van der Waals surface area contributed by atoms with Gasteiger partial charge in [-0.05, 0) is 12.8 Å². The number of rotatable bonds is 18. The fourth-order valence-electron chi connectivity index (χ4n) is 2.31. The van der Waals surface area contributed by atoms with Crippen LogP contribution in [0.3, 0.4) is 0 Å². The first-order valence-corrected chi connectivity index (χ1v) is 14.4. The molecule has 44 heavy (non-hydrogen) atoms. The number of nitrogens with one attached hydrogen (secondary N) is 4. The topological polar surface area (TPSA) is 318 Å². The summed E-state index contributed by atoms with van der Waals surface area (Å²) in [6.45, 7) is -1.13. The van der Waals surface area contributed by atoms with Gasteiger partial charge in [0.2, 0.25) is 23.6 Å². The molecule has 4 atom stereocenters. The molecule has 0 aliphatic rings. The molecule has 18 nitrogen and oxygen atoms in total. The van der Waals surface area contributed by atoms with Gasteiger partial charge in [0, 0.05) is 24.3 Å². The molecule has 4 amide bonds. The van der Waals surface area contributed by atoms with E-state index in [-0.39, 0.29) is 99.2 Å². The molecule has 12 N–H and O–H groups in total. The second kappa shape index (κ2) is 32.0. The SMILES string of the molecule is N[C@@H](CCC(=O)N[C@@H](CS)C(=O)NCC(=O)O)C(=O)O.N[C@@H](CCC(=O)N[C@@H](CS)C(=O)NCC(=O)O)C(=O)O.SS.[H-].[H-].[Na+].[Na+]. The van der Waals surface area contributed by atoms with Gasteiger partial charge in [0.15, 0.2) is 0 Å². The first-order valence-electron chi connectivity index (χ1n) is 11.5. The summed E-state index contributed by atoms with van der Waals surface area (Å²) in [6.07, 6.45) is -0.470. The summed E-state index contributed by atoms with van der Waals surface area (Å²) >= 11 is 14.2. The van der Waals surface area contributed by atoms with E-state index in [2.05, 4.69) is 69.8 Å². The van der Waals surface area contributed by atoms with Crippen molar-refractivity contribution in [3.63, 3.8) is 0 Å². The Morgan fingerprint density at radius 2 is 0.886 bits per heavy atom. The van der Waals surface area contributed by atoms with Crippen molar-refractivity contribution in [3.05, 3.63) is 0 Å². The number of carbonyl (C=O) groups excluding carboxylic acids is 4. The standard InChI is InChI=1S/2C10H17N3O6S.2Na.H2S2.2H/c2*11-5(10(18)19)1-2-7(14)13-6(4-20)9(17)12-3-8(15)16;;;1-2;;/h2*5-6,20H,1-4,11H2,(H,12,17)(H,13,14)(H,15,16)(H,18,19);;;1-2H;;/q;;2*+1;;2*-1/t2*5-,6-;;;;;/m00...../s1. The van der Waals surface area contributed by atoms with Crippen LogP contribution >= 0.6 is 48.6 Å². The van der Waals surface area contributed by atoms with Crippen LogP contribution < -0.4 is 91.8 Å². The summed E-state index contributed by atoms with van der Waals surface area (Å²) in [6, 6.07) is -4.30. The van der Waals surface area contributed by atoms with E-state index in [0.29, 0.717) is 0 Å². The van der Waals surface area contributed by atoms with Gasteiger partial charge in [-0.25, -0.2) is 0 Å². The second-order valence-electron chi connectivity index (χ2n) is 7.80. The fourth-order valence-corrected chi connectivity index (χ4v) is 2.83. The summed E-state index contributed by atoms with van der Waals surface area (Å²) in [7, 11) is 0. The molecule has 0 fully saturated rings. The summed E-state index contributed by atoms with van der Waals surface area (Å²) < 4.78 is 0. The zero-order chi connectivity index (χ0) is 33.4. The van der Waals surface area contributed by atoms with Crippen molar-refractivity contribution in [2.24, 2.45) is 11.5 Å². The zero-order valence-corrected chi connectivity index (χ0v) is 31.5. The molecule has 0 aromatic rings. The van der Waals surface area contributed by atoms with Gasteiger partial charge in [-0.3, -0.25) is 38.4 Å². The summed E-state index contributed by atoms with van der Waals surface area (Å²) in [5.41, 5.74) is 10.5. The normalized spacial score (nSPS) is 12.0. The number of nitrogens with two attached hydrogens (primary N) is 2. The van der Waals surface area contributed by atoms with E-state index < -0.39 is 84.8 Å². The molecule has 0 saturated heterocycles. The molecular formula is C20H38N6Na2O12S4. The van der Waals surface area contributed by atoms with E-state index in [0.717, 1.165) is 0 Å². The first-order chi connectivity index (χ1) is 19.5. The molecule has 246 valence electrons. The molecule has 0 aliphatic heterocycles. The number of carboxylic acids is 4. The summed E-state index contributed by atoms with van der Waals surface area (Å²) in [5, 5.41) is 42.7. The Bertz CT molecular complexity index is 882. The molecular weight excluding hydrogens is 690 g/mol. The first kappa shape index (κ1) is 52.6. The van der Waals surface area contributed by atoms with Crippen LogP contribution in [0.25, 0.3) is 0 Å². The molecule has 0 aromatic carbocycles.